The summed E-state index contributed by atoms with van der Waals surface area (Å²) in [5.74, 6) is -1.64. The third-order valence-electron chi connectivity index (χ3n) is 3.92. The molecule has 2 unspecified atom stereocenters. The van der Waals surface area contributed by atoms with Crippen molar-refractivity contribution in [2.24, 2.45) is 0 Å². The van der Waals surface area contributed by atoms with Crippen LogP contribution in [0.1, 0.15) is 30.4 Å². The lowest BCUT2D eigenvalue weighted by molar-refractivity contribution is -0.134. The Labute approximate surface area is 153 Å². The number of carboxylic acids is 2. The van der Waals surface area contributed by atoms with Gasteiger partial charge in [-0.15, -0.1) is 0 Å². The molecule has 0 bridgehead atoms. The van der Waals surface area contributed by atoms with E-state index >= 15 is 0 Å². The van der Waals surface area contributed by atoms with Crippen LogP contribution in [-0.4, -0.2) is 52.6 Å². The number of hydrogen-bond donors (Lipinski definition) is 4. The van der Waals surface area contributed by atoms with Crippen molar-refractivity contribution in [1.29, 1.82) is 0 Å². The Kier molecular flexibility index (Phi) is 9.40. The molecule has 7 nitrogen and oxygen atoms in total. The van der Waals surface area contributed by atoms with Gasteiger partial charge in [0.15, 0.2) is 0 Å². The summed E-state index contributed by atoms with van der Waals surface area (Å²) in [6, 6.07) is 6.30. The lowest BCUT2D eigenvalue weighted by atomic mass is 10.0. The van der Waals surface area contributed by atoms with Gasteiger partial charge in [0.2, 0.25) is 0 Å². The van der Waals surface area contributed by atoms with Crippen molar-refractivity contribution in [1.82, 2.24) is 5.32 Å². The SMILES string of the molecule is Cc1ccc(OCC(O)C2CCCCN2)c(C)c1.O=C(O)C=CC(=O)O. The largest absolute Gasteiger partial charge is 0.491 e. The van der Waals surface area contributed by atoms with Crippen LogP contribution in [0, 0.1) is 13.8 Å². The summed E-state index contributed by atoms with van der Waals surface area (Å²) >= 11 is 0. The molecule has 0 amide bonds. The molecule has 0 saturated carbocycles. The van der Waals surface area contributed by atoms with Crippen LogP contribution in [0.25, 0.3) is 0 Å². The lowest BCUT2D eigenvalue weighted by Gasteiger charge is -2.28. The number of rotatable bonds is 6. The normalized spacial score (nSPS) is 17.9. The first-order valence-corrected chi connectivity index (χ1v) is 8.55. The van der Waals surface area contributed by atoms with Crippen LogP contribution < -0.4 is 10.1 Å². The summed E-state index contributed by atoms with van der Waals surface area (Å²) in [7, 11) is 0. The zero-order chi connectivity index (χ0) is 19.5. The third kappa shape index (κ3) is 8.64. The molecule has 1 heterocycles. The van der Waals surface area contributed by atoms with Gasteiger partial charge in [-0.25, -0.2) is 9.59 Å². The number of carbonyl (C=O) groups is 2. The minimum atomic E-state index is -1.26. The summed E-state index contributed by atoms with van der Waals surface area (Å²) in [6.45, 7) is 5.47. The number of benzene rings is 1. The van der Waals surface area contributed by atoms with E-state index in [0.717, 1.165) is 24.3 Å². The second-order valence-electron chi connectivity index (χ2n) is 6.21. The molecular weight excluding hydrogens is 338 g/mol. The van der Waals surface area contributed by atoms with Crippen molar-refractivity contribution >= 4 is 11.9 Å². The van der Waals surface area contributed by atoms with Gasteiger partial charge in [0.25, 0.3) is 0 Å². The van der Waals surface area contributed by atoms with E-state index in [9.17, 15) is 14.7 Å². The standard InChI is InChI=1S/C15H23NO2.C4H4O4/c1-11-6-7-15(12(2)9-11)18-10-14(17)13-5-3-4-8-16-13;5-3(6)1-2-4(7)8/h6-7,9,13-14,16-17H,3-5,8,10H2,1-2H3;1-2H,(H,5,6)(H,7,8). The predicted molar refractivity (Wildman–Crippen MR) is 97.5 cm³/mol. The van der Waals surface area contributed by atoms with Crippen molar-refractivity contribution in [2.75, 3.05) is 13.2 Å². The number of aryl methyl sites for hydroxylation is 2. The van der Waals surface area contributed by atoms with E-state index in [1.54, 1.807) is 0 Å². The van der Waals surface area contributed by atoms with Crippen LogP contribution in [0.4, 0.5) is 0 Å². The molecule has 144 valence electrons. The Bertz CT molecular complexity index is 606. The Hall–Kier alpha value is -2.38. The third-order valence-corrected chi connectivity index (χ3v) is 3.92. The second kappa shape index (κ2) is 11.3. The molecule has 2 rings (SSSR count). The molecule has 1 aromatic carbocycles. The van der Waals surface area contributed by atoms with Crippen LogP contribution in [0.5, 0.6) is 5.75 Å². The highest BCUT2D eigenvalue weighted by Gasteiger charge is 2.21. The van der Waals surface area contributed by atoms with Gasteiger partial charge in [0.1, 0.15) is 18.5 Å². The van der Waals surface area contributed by atoms with E-state index in [0.29, 0.717) is 18.8 Å². The molecule has 4 N–H and O–H groups in total. The molecule has 26 heavy (non-hydrogen) atoms. The Morgan fingerprint density at radius 3 is 2.38 bits per heavy atom. The summed E-state index contributed by atoms with van der Waals surface area (Å²) in [5.41, 5.74) is 2.35. The molecule has 0 radical (unpaired) electrons. The zero-order valence-corrected chi connectivity index (χ0v) is 15.1. The maximum absolute atomic E-state index is 10.1. The molecule has 0 spiro atoms. The zero-order valence-electron chi connectivity index (χ0n) is 15.1. The number of aliphatic carboxylic acids is 2. The van der Waals surface area contributed by atoms with Crippen LogP contribution in [0.3, 0.4) is 0 Å². The minimum absolute atomic E-state index is 0.185. The Morgan fingerprint density at radius 1 is 1.23 bits per heavy atom. The number of aliphatic hydroxyl groups is 1. The maximum atomic E-state index is 10.1. The molecule has 1 aromatic rings. The minimum Gasteiger partial charge on any atom is -0.491 e. The number of hydrogen-bond acceptors (Lipinski definition) is 5. The first-order valence-electron chi connectivity index (χ1n) is 8.55. The average Bonchev–Trinajstić information content (AvgIpc) is 2.60. The summed E-state index contributed by atoms with van der Waals surface area (Å²) in [6.07, 6.45) is 4.13. The van der Waals surface area contributed by atoms with E-state index in [-0.39, 0.29) is 6.04 Å². The molecule has 7 heteroatoms. The Morgan fingerprint density at radius 2 is 1.88 bits per heavy atom. The molecule has 1 saturated heterocycles. The smallest absolute Gasteiger partial charge is 0.328 e. The van der Waals surface area contributed by atoms with Crippen molar-refractivity contribution < 1.29 is 29.6 Å². The number of nitrogens with one attached hydrogen (secondary N) is 1. The van der Waals surface area contributed by atoms with Gasteiger partial charge in [-0.1, -0.05) is 24.1 Å². The predicted octanol–water partition coefficient (Wildman–Crippen LogP) is 1.90. The number of aliphatic hydroxyl groups excluding tert-OH is 1. The van der Waals surface area contributed by atoms with Crippen LogP contribution in [-0.2, 0) is 9.59 Å². The summed E-state index contributed by atoms with van der Waals surface area (Å²) < 4.78 is 5.72. The highest BCUT2D eigenvalue weighted by atomic mass is 16.5. The van der Waals surface area contributed by atoms with Crippen LogP contribution in [0.15, 0.2) is 30.4 Å². The van der Waals surface area contributed by atoms with Gasteiger partial charge in [-0.2, -0.15) is 0 Å². The van der Waals surface area contributed by atoms with Crippen molar-refractivity contribution in [3.63, 3.8) is 0 Å². The fourth-order valence-corrected chi connectivity index (χ4v) is 2.60. The van der Waals surface area contributed by atoms with Gasteiger partial charge in [0, 0.05) is 18.2 Å². The van der Waals surface area contributed by atoms with Gasteiger partial charge in [-0.3, -0.25) is 0 Å². The van der Waals surface area contributed by atoms with Crippen molar-refractivity contribution in [3.05, 3.63) is 41.5 Å². The highest BCUT2D eigenvalue weighted by molar-refractivity contribution is 5.89. The second-order valence-corrected chi connectivity index (χ2v) is 6.21. The topological polar surface area (TPSA) is 116 Å². The van der Waals surface area contributed by atoms with E-state index in [1.807, 2.05) is 19.1 Å². The van der Waals surface area contributed by atoms with Gasteiger partial charge < -0.3 is 25.4 Å². The van der Waals surface area contributed by atoms with E-state index in [1.165, 1.54) is 18.4 Å². The Balaban J connectivity index is 0.000000359. The van der Waals surface area contributed by atoms with Gasteiger partial charge in [0.05, 0.1) is 0 Å². The molecular formula is C19H27NO6. The molecule has 0 aromatic heterocycles. The number of ether oxygens (including phenoxy) is 1. The monoisotopic (exact) mass is 365 g/mol. The van der Waals surface area contributed by atoms with E-state index in [2.05, 4.69) is 18.3 Å². The van der Waals surface area contributed by atoms with Crippen LogP contribution in [0.2, 0.25) is 0 Å². The van der Waals surface area contributed by atoms with Crippen LogP contribution >= 0.6 is 0 Å². The molecule has 1 fully saturated rings. The maximum Gasteiger partial charge on any atom is 0.328 e. The number of piperidine rings is 1. The van der Waals surface area contributed by atoms with Crippen molar-refractivity contribution in [3.8, 4) is 5.75 Å². The average molecular weight is 365 g/mol. The first kappa shape index (κ1) is 21.7. The van der Waals surface area contributed by atoms with Gasteiger partial charge in [-0.05, 0) is 44.9 Å². The lowest BCUT2D eigenvalue weighted by Crippen LogP contribution is -2.45. The summed E-state index contributed by atoms with van der Waals surface area (Å²) in [4.78, 5) is 19.1. The fraction of sp³-hybridized carbons (Fsp3) is 0.474. The summed E-state index contributed by atoms with van der Waals surface area (Å²) in [5, 5.41) is 29.1. The van der Waals surface area contributed by atoms with Crippen molar-refractivity contribution in [2.45, 2.75) is 45.3 Å². The highest BCUT2D eigenvalue weighted by Crippen LogP contribution is 2.19. The first-order chi connectivity index (χ1) is 12.3. The van der Waals surface area contributed by atoms with E-state index < -0.39 is 18.0 Å². The quantitative estimate of drug-likeness (QED) is 0.569. The molecule has 0 aliphatic carbocycles. The molecule has 1 aliphatic rings. The fourth-order valence-electron chi connectivity index (χ4n) is 2.60. The van der Waals surface area contributed by atoms with E-state index in [4.69, 9.17) is 14.9 Å². The number of carboxylic acid groups (broad SMARTS) is 2. The molecule has 1 aliphatic heterocycles. The molecule has 2 atom stereocenters. The van der Waals surface area contributed by atoms with Gasteiger partial charge >= 0.3 is 11.9 Å².